The van der Waals surface area contributed by atoms with Crippen LogP contribution in [0, 0.1) is 11.8 Å². The van der Waals surface area contributed by atoms with Gasteiger partial charge < -0.3 is 10.1 Å². The molecular weight excluding hydrogens is 186 g/mol. The molecular formula is C13H27NO. The Kier molecular flexibility index (Phi) is 6.26. The lowest BCUT2D eigenvalue weighted by Crippen LogP contribution is -2.37. The molecule has 1 fully saturated rings. The Morgan fingerprint density at radius 3 is 2.53 bits per heavy atom. The predicted octanol–water partition coefficient (Wildman–Crippen LogP) is 2.83. The van der Waals surface area contributed by atoms with Crippen LogP contribution in [0.4, 0.5) is 0 Å². The first-order valence-electron chi connectivity index (χ1n) is 6.55. The van der Waals surface area contributed by atoms with Gasteiger partial charge in [0.25, 0.3) is 0 Å². The molecule has 0 amide bonds. The van der Waals surface area contributed by atoms with Gasteiger partial charge >= 0.3 is 0 Å². The molecule has 90 valence electrons. The number of nitrogens with one attached hydrogen (secondary N) is 1. The first-order valence-corrected chi connectivity index (χ1v) is 6.55. The summed E-state index contributed by atoms with van der Waals surface area (Å²) in [4.78, 5) is 0. The highest BCUT2D eigenvalue weighted by Crippen LogP contribution is 2.37. The molecule has 1 rings (SSSR count). The van der Waals surface area contributed by atoms with E-state index in [0.717, 1.165) is 25.0 Å². The third kappa shape index (κ3) is 4.98. The van der Waals surface area contributed by atoms with Crippen LogP contribution in [-0.2, 0) is 4.74 Å². The third-order valence-corrected chi connectivity index (χ3v) is 3.43. The molecule has 0 aromatic carbocycles. The molecule has 2 atom stereocenters. The zero-order valence-corrected chi connectivity index (χ0v) is 10.6. The van der Waals surface area contributed by atoms with Crippen LogP contribution in [0.1, 0.15) is 46.5 Å². The second-order valence-corrected chi connectivity index (χ2v) is 5.00. The molecule has 0 heterocycles. The first-order chi connectivity index (χ1) is 7.24. The summed E-state index contributed by atoms with van der Waals surface area (Å²) in [6.07, 6.45) is 5.48. The Labute approximate surface area is 94.8 Å². The molecule has 2 nitrogen and oxygen atoms in total. The highest BCUT2D eigenvalue weighted by molar-refractivity contribution is 4.82. The SMILES string of the molecule is CCOCCCC1CCC1CNC(C)C. The number of hydrogen-bond acceptors (Lipinski definition) is 2. The first kappa shape index (κ1) is 13.0. The van der Waals surface area contributed by atoms with Crippen LogP contribution in [-0.4, -0.2) is 25.8 Å². The summed E-state index contributed by atoms with van der Waals surface area (Å²) in [6, 6.07) is 0.634. The summed E-state index contributed by atoms with van der Waals surface area (Å²) in [7, 11) is 0. The minimum Gasteiger partial charge on any atom is -0.382 e. The zero-order chi connectivity index (χ0) is 11.1. The zero-order valence-electron chi connectivity index (χ0n) is 10.6. The van der Waals surface area contributed by atoms with E-state index >= 15 is 0 Å². The number of rotatable bonds is 8. The molecule has 0 aromatic rings. The van der Waals surface area contributed by atoms with Crippen LogP contribution in [0.5, 0.6) is 0 Å². The summed E-state index contributed by atoms with van der Waals surface area (Å²) < 4.78 is 5.37. The van der Waals surface area contributed by atoms with Crippen LogP contribution in [0.2, 0.25) is 0 Å². The van der Waals surface area contributed by atoms with E-state index in [-0.39, 0.29) is 0 Å². The fourth-order valence-electron chi connectivity index (χ4n) is 2.27. The Bertz CT molecular complexity index is 159. The Morgan fingerprint density at radius 2 is 2.00 bits per heavy atom. The largest absolute Gasteiger partial charge is 0.382 e. The van der Waals surface area contributed by atoms with Crippen molar-refractivity contribution >= 4 is 0 Å². The van der Waals surface area contributed by atoms with Gasteiger partial charge in [-0.05, 0) is 51.0 Å². The topological polar surface area (TPSA) is 21.3 Å². The summed E-state index contributed by atoms with van der Waals surface area (Å²) in [5.41, 5.74) is 0. The van der Waals surface area contributed by atoms with Crippen molar-refractivity contribution in [2.45, 2.75) is 52.5 Å². The maximum Gasteiger partial charge on any atom is 0.0465 e. The van der Waals surface area contributed by atoms with Gasteiger partial charge in [-0.3, -0.25) is 0 Å². The van der Waals surface area contributed by atoms with Gasteiger partial charge in [0.1, 0.15) is 0 Å². The van der Waals surface area contributed by atoms with Crippen molar-refractivity contribution in [1.82, 2.24) is 5.32 Å². The Morgan fingerprint density at radius 1 is 1.27 bits per heavy atom. The summed E-state index contributed by atoms with van der Waals surface area (Å²) in [6.45, 7) is 9.56. The van der Waals surface area contributed by atoms with Gasteiger partial charge in [-0.2, -0.15) is 0 Å². The molecule has 1 N–H and O–H groups in total. The normalized spacial score (nSPS) is 25.6. The molecule has 0 spiro atoms. The maximum absolute atomic E-state index is 5.37. The monoisotopic (exact) mass is 213 g/mol. The Balaban J connectivity index is 1.99. The molecule has 1 saturated carbocycles. The van der Waals surface area contributed by atoms with Gasteiger partial charge in [0, 0.05) is 19.3 Å². The molecule has 0 saturated heterocycles. The van der Waals surface area contributed by atoms with Crippen molar-refractivity contribution in [2.75, 3.05) is 19.8 Å². The molecule has 1 aliphatic carbocycles. The molecule has 1 aliphatic rings. The molecule has 0 bridgehead atoms. The summed E-state index contributed by atoms with van der Waals surface area (Å²) in [5.74, 6) is 1.91. The average molecular weight is 213 g/mol. The lowest BCUT2D eigenvalue weighted by molar-refractivity contribution is 0.111. The van der Waals surface area contributed by atoms with E-state index in [4.69, 9.17) is 4.74 Å². The molecule has 0 aliphatic heterocycles. The van der Waals surface area contributed by atoms with Crippen LogP contribution in [0.15, 0.2) is 0 Å². The van der Waals surface area contributed by atoms with E-state index < -0.39 is 0 Å². The lowest BCUT2D eigenvalue weighted by Gasteiger charge is -2.37. The minimum atomic E-state index is 0.634. The lowest BCUT2D eigenvalue weighted by atomic mass is 9.71. The van der Waals surface area contributed by atoms with Crippen LogP contribution < -0.4 is 5.32 Å². The van der Waals surface area contributed by atoms with Crippen molar-refractivity contribution in [1.29, 1.82) is 0 Å². The van der Waals surface area contributed by atoms with Crippen molar-refractivity contribution in [3.63, 3.8) is 0 Å². The van der Waals surface area contributed by atoms with Crippen LogP contribution >= 0.6 is 0 Å². The number of hydrogen-bond donors (Lipinski definition) is 1. The fraction of sp³-hybridized carbons (Fsp3) is 1.00. The molecule has 2 unspecified atom stereocenters. The molecule has 0 aromatic heterocycles. The van der Waals surface area contributed by atoms with Crippen LogP contribution in [0.25, 0.3) is 0 Å². The van der Waals surface area contributed by atoms with E-state index in [9.17, 15) is 0 Å². The number of ether oxygens (including phenoxy) is 1. The summed E-state index contributed by atoms with van der Waals surface area (Å²) >= 11 is 0. The highest BCUT2D eigenvalue weighted by atomic mass is 16.5. The highest BCUT2D eigenvalue weighted by Gasteiger charge is 2.29. The molecule has 0 radical (unpaired) electrons. The Hall–Kier alpha value is -0.0800. The maximum atomic E-state index is 5.37. The van der Waals surface area contributed by atoms with Crippen LogP contribution in [0.3, 0.4) is 0 Å². The van der Waals surface area contributed by atoms with Gasteiger partial charge in [-0.1, -0.05) is 13.8 Å². The summed E-state index contributed by atoms with van der Waals surface area (Å²) in [5, 5.41) is 3.55. The fourth-order valence-corrected chi connectivity index (χ4v) is 2.27. The molecule has 2 heteroatoms. The van der Waals surface area contributed by atoms with E-state index in [2.05, 4.69) is 26.1 Å². The van der Waals surface area contributed by atoms with E-state index in [0.29, 0.717) is 6.04 Å². The standard InChI is InChI=1S/C13H27NO/c1-4-15-9-5-6-12-7-8-13(12)10-14-11(2)3/h11-14H,4-10H2,1-3H3. The van der Waals surface area contributed by atoms with Crippen molar-refractivity contribution in [2.24, 2.45) is 11.8 Å². The van der Waals surface area contributed by atoms with Crippen molar-refractivity contribution < 1.29 is 4.74 Å². The quantitative estimate of drug-likeness (QED) is 0.626. The smallest absolute Gasteiger partial charge is 0.0465 e. The van der Waals surface area contributed by atoms with Gasteiger partial charge in [0.15, 0.2) is 0 Å². The van der Waals surface area contributed by atoms with Gasteiger partial charge in [0.2, 0.25) is 0 Å². The molecule has 15 heavy (non-hydrogen) atoms. The predicted molar refractivity (Wildman–Crippen MR) is 65.1 cm³/mol. The van der Waals surface area contributed by atoms with Gasteiger partial charge in [-0.25, -0.2) is 0 Å². The third-order valence-electron chi connectivity index (χ3n) is 3.43. The minimum absolute atomic E-state index is 0.634. The van der Waals surface area contributed by atoms with E-state index in [1.165, 1.54) is 32.2 Å². The van der Waals surface area contributed by atoms with Gasteiger partial charge in [0.05, 0.1) is 0 Å². The average Bonchev–Trinajstić information content (AvgIpc) is 2.15. The van der Waals surface area contributed by atoms with Gasteiger partial charge in [-0.15, -0.1) is 0 Å². The van der Waals surface area contributed by atoms with E-state index in [1.54, 1.807) is 0 Å². The van der Waals surface area contributed by atoms with E-state index in [1.807, 2.05) is 0 Å². The second-order valence-electron chi connectivity index (χ2n) is 5.00. The van der Waals surface area contributed by atoms with Crippen molar-refractivity contribution in [3.05, 3.63) is 0 Å². The van der Waals surface area contributed by atoms with Crippen molar-refractivity contribution in [3.8, 4) is 0 Å². The second kappa shape index (κ2) is 7.24.